The zero-order chi connectivity index (χ0) is 24.2. The monoisotopic (exact) mass is 455 g/mol. The van der Waals surface area contributed by atoms with Gasteiger partial charge in [0.15, 0.2) is 0 Å². The van der Waals surface area contributed by atoms with Crippen molar-refractivity contribution < 1.29 is 14.3 Å². The minimum atomic E-state index is -0.338. The van der Waals surface area contributed by atoms with Gasteiger partial charge in [0, 0.05) is 31.0 Å². The molecule has 0 fully saturated rings. The van der Waals surface area contributed by atoms with Crippen LogP contribution in [0.3, 0.4) is 0 Å². The fraction of sp³-hybridized carbons (Fsp3) is 0.250. The molecule has 0 saturated heterocycles. The van der Waals surface area contributed by atoms with Crippen LogP contribution in [0.25, 0.3) is 5.57 Å². The van der Waals surface area contributed by atoms with Crippen LogP contribution in [-0.2, 0) is 16.0 Å². The van der Waals surface area contributed by atoms with Gasteiger partial charge in [0.05, 0.1) is 18.4 Å². The van der Waals surface area contributed by atoms with Gasteiger partial charge in [-0.2, -0.15) is 0 Å². The first-order valence-corrected chi connectivity index (χ1v) is 11.4. The van der Waals surface area contributed by atoms with Crippen LogP contribution in [0.15, 0.2) is 72.7 Å². The Bertz CT molecular complexity index is 1250. The first-order valence-electron chi connectivity index (χ1n) is 11.4. The van der Waals surface area contributed by atoms with Crippen molar-refractivity contribution in [2.75, 3.05) is 25.1 Å². The summed E-state index contributed by atoms with van der Waals surface area (Å²) < 4.78 is 5.57. The number of aromatic nitrogens is 1. The Kier molecular flexibility index (Phi) is 6.77. The molecule has 2 amide bonds. The number of likely N-dealkylation sites (N-methyl/N-ethyl adjacent to an activating group) is 1. The van der Waals surface area contributed by atoms with Crippen molar-refractivity contribution in [1.29, 1.82) is 0 Å². The Balaban J connectivity index is 1.81. The molecule has 0 unspecified atom stereocenters. The average Bonchev–Trinajstić information content (AvgIpc) is 3.11. The van der Waals surface area contributed by atoms with Gasteiger partial charge in [0.2, 0.25) is 0 Å². The summed E-state index contributed by atoms with van der Waals surface area (Å²) in [5.41, 5.74) is 5.22. The van der Waals surface area contributed by atoms with Crippen molar-refractivity contribution in [3.63, 3.8) is 0 Å². The predicted octanol–water partition coefficient (Wildman–Crippen LogP) is 4.56. The number of aryl methyl sites for hydroxylation is 2. The van der Waals surface area contributed by atoms with Gasteiger partial charge in [0.1, 0.15) is 11.4 Å². The number of carbonyl (C=O) groups excluding carboxylic acids is 2. The summed E-state index contributed by atoms with van der Waals surface area (Å²) in [6, 6.07) is 16.9. The summed E-state index contributed by atoms with van der Waals surface area (Å²) in [5, 5.41) is 0. The van der Waals surface area contributed by atoms with E-state index >= 15 is 0 Å². The second kappa shape index (κ2) is 9.91. The molecule has 0 bridgehead atoms. The normalized spacial score (nSPS) is 13.6. The summed E-state index contributed by atoms with van der Waals surface area (Å²) in [5.74, 6) is -0.0934. The number of pyridine rings is 1. The number of imide groups is 1. The highest BCUT2D eigenvalue weighted by molar-refractivity contribution is 6.45. The lowest BCUT2D eigenvalue weighted by Gasteiger charge is -2.25. The smallest absolute Gasteiger partial charge is 0.282 e. The lowest BCUT2D eigenvalue weighted by molar-refractivity contribution is -0.120. The maximum Gasteiger partial charge on any atom is 0.282 e. The summed E-state index contributed by atoms with van der Waals surface area (Å²) in [6.45, 7) is 7.16. The highest BCUT2D eigenvalue weighted by atomic mass is 16.5. The summed E-state index contributed by atoms with van der Waals surface area (Å²) in [4.78, 5) is 35.1. The molecule has 0 saturated carbocycles. The summed E-state index contributed by atoms with van der Waals surface area (Å²) in [7, 11) is 1.57. The van der Waals surface area contributed by atoms with E-state index in [0.29, 0.717) is 41.4 Å². The molecular weight excluding hydrogens is 426 g/mol. The number of hydrogen-bond donors (Lipinski definition) is 0. The van der Waals surface area contributed by atoms with Crippen LogP contribution in [0.5, 0.6) is 5.75 Å². The zero-order valence-corrected chi connectivity index (χ0v) is 20.0. The lowest BCUT2D eigenvalue weighted by atomic mass is 10.0. The minimum absolute atomic E-state index is 0.314. The first-order chi connectivity index (χ1) is 16.5. The van der Waals surface area contributed by atoms with Gasteiger partial charge < -0.3 is 9.64 Å². The molecule has 6 heteroatoms. The Morgan fingerprint density at radius 3 is 2.35 bits per heavy atom. The molecule has 1 aliphatic heterocycles. The van der Waals surface area contributed by atoms with Crippen molar-refractivity contribution in [2.24, 2.45) is 0 Å². The number of methoxy groups -OCH3 is 1. The van der Waals surface area contributed by atoms with E-state index in [-0.39, 0.29) is 11.8 Å². The Labute approximate surface area is 200 Å². The van der Waals surface area contributed by atoms with Crippen LogP contribution in [-0.4, -0.2) is 41.9 Å². The number of nitrogens with zero attached hydrogens (tertiary/aromatic N) is 3. The van der Waals surface area contributed by atoms with Gasteiger partial charge in [0.25, 0.3) is 11.8 Å². The van der Waals surface area contributed by atoms with Gasteiger partial charge in [-0.1, -0.05) is 24.3 Å². The fourth-order valence-corrected chi connectivity index (χ4v) is 4.25. The molecule has 2 heterocycles. The number of hydrogen-bond acceptors (Lipinski definition) is 5. The van der Waals surface area contributed by atoms with Gasteiger partial charge >= 0.3 is 0 Å². The van der Waals surface area contributed by atoms with Crippen LogP contribution >= 0.6 is 0 Å². The Morgan fingerprint density at radius 2 is 1.68 bits per heavy atom. The van der Waals surface area contributed by atoms with E-state index < -0.39 is 0 Å². The largest absolute Gasteiger partial charge is 0.496 e. The van der Waals surface area contributed by atoms with Crippen molar-refractivity contribution >= 4 is 23.1 Å². The zero-order valence-electron chi connectivity index (χ0n) is 20.0. The molecule has 0 aliphatic carbocycles. The van der Waals surface area contributed by atoms with Gasteiger partial charge in [-0.25, -0.2) is 4.90 Å². The molecule has 34 heavy (non-hydrogen) atoms. The highest BCUT2D eigenvalue weighted by Crippen LogP contribution is 2.38. The summed E-state index contributed by atoms with van der Waals surface area (Å²) in [6.07, 6.45) is 4.25. The molecular formula is C28H29N3O3. The molecule has 1 aliphatic rings. The molecule has 1 aromatic heterocycles. The standard InChI is InChI=1S/C28H29N3O3/c1-5-30(17-14-21-12-15-29-16-13-21)26-25(23-8-6-7-9-24(23)34-4)27(32)31(28(26)33)22-11-10-19(2)20(3)18-22/h6-13,15-16,18H,5,14,17H2,1-4H3. The molecule has 6 nitrogen and oxygen atoms in total. The third-order valence-electron chi connectivity index (χ3n) is 6.30. The van der Waals surface area contributed by atoms with Crippen molar-refractivity contribution in [3.8, 4) is 5.75 Å². The van der Waals surface area contributed by atoms with E-state index in [4.69, 9.17) is 4.74 Å². The maximum absolute atomic E-state index is 13.9. The maximum atomic E-state index is 13.9. The van der Waals surface area contributed by atoms with Crippen LogP contribution in [0, 0.1) is 13.8 Å². The van der Waals surface area contributed by atoms with E-state index in [1.54, 1.807) is 19.5 Å². The molecule has 0 spiro atoms. The average molecular weight is 456 g/mol. The van der Waals surface area contributed by atoms with E-state index in [1.165, 1.54) is 4.90 Å². The third-order valence-corrected chi connectivity index (χ3v) is 6.30. The molecule has 4 rings (SSSR count). The molecule has 2 aromatic carbocycles. The van der Waals surface area contributed by atoms with Crippen LogP contribution in [0.2, 0.25) is 0 Å². The SMILES string of the molecule is CCN(CCc1ccncc1)C1=C(c2ccccc2OC)C(=O)N(c2ccc(C)c(C)c2)C1=O. The van der Waals surface area contributed by atoms with E-state index in [1.807, 2.05) is 80.3 Å². The van der Waals surface area contributed by atoms with Gasteiger partial charge in [-0.3, -0.25) is 14.6 Å². The molecule has 0 N–H and O–H groups in total. The third kappa shape index (κ3) is 4.31. The molecule has 3 aromatic rings. The van der Waals surface area contributed by atoms with Gasteiger partial charge in [-0.15, -0.1) is 0 Å². The first kappa shape index (κ1) is 23.2. The van der Waals surface area contributed by atoms with E-state index in [0.717, 1.165) is 23.1 Å². The Hall–Kier alpha value is -3.93. The van der Waals surface area contributed by atoms with Crippen molar-refractivity contribution in [2.45, 2.75) is 27.2 Å². The number of carbonyl (C=O) groups is 2. The highest BCUT2D eigenvalue weighted by Gasteiger charge is 2.43. The van der Waals surface area contributed by atoms with Crippen molar-refractivity contribution in [3.05, 3.63) is 94.9 Å². The topological polar surface area (TPSA) is 62.7 Å². The number of rotatable bonds is 8. The van der Waals surface area contributed by atoms with Crippen LogP contribution in [0.4, 0.5) is 5.69 Å². The summed E-state index contributed by atoms with van der Waals surface area (Å²) >= 11 is 0. The number of amides is 2. The molecule has 0 atom stereocenters. The van der Waals surface area contributed by atoms with E-state index in [2.05, 4.69) is 4.98 Å². The number of para-hydroxylation sites is 1. The van der Waals surface area contributed by atoms with Gasteiger partial charge in [-0.05, 0) is 74.2 Å². The second-order valence-electron chi connectivity index (χ2n) is 8.32. The van der Waals surface area contributed by atoms with Crippen LogP contribution < -0.4 is 9.64 Å². The predicted molar refractivity (Wildman–Crippen MR) is 134 cm³/mol. The second-order valence-corrected chi connectivity index (χ2v) is 8.32. The van der Waals surface area contributed by atoms with Crippen molar-refractivity contribution in [1.82, 2.24) is 9.88 Å². The number of ether oxygens (including phenoxy) is 1. The molecule has 174 valence electrons. The quantitative estimate of drug-likeness (QED) is 0.466. The number of benzene rings is 2. The minimum Gasteiger partial charge on any atom is -0.496 e. The lowest BCUT2D eigenvalue weighted by Crippen LogP contribution is -2.36. The van der Waals surface area contributed by atoms with Crippen LogP contribution in [0.1, 0.15) is 29.2 Å². The number of anilines is 1. The fourth-order valence-electron chi connectivity index (χ4n) is 4.25. The molecule has 0 radical (unpaired) electrons. The Morgan fingerprint density at radius 1 is 0.941 bits per heavy atom. The van der Waals surface area contributed by atoms with E-state index in [9.17, 15) is 9.59 Å².